The second-order valence-electron chi connectivity index (χ2n) is 5.98. The van der Waals surface area contributed by atoms with Crippen LogP contribution in [0.2, 0.25) is 0 Å². The van der Waals surface area contributed by atoms with Crippen molar-refractivity contribution in [3.8, 4) is 11.5 Å². The maximum absolute atomic E-state index is 12.5. The van der Waals surface area contributed by atoms with E-state index in [1.165, 1.54) is 0 Å². The van der Waals surface area contributed by atoms with Crippen LogP contribution < -0.4 is 19.7 Å². The summed E-state index contributed by atoms with van der Waals surface area (Å²) in [5.41, 5.74) is 0.743. The standard InChI is InChI=1S/C19H24N4O3/c1-25-15-6-7-17(26-2)16(13-15)21-14-19(24)23-11-9-22(10-12-23)18-5-3-4-8-20-18/h3-8,13,21H,9-12,14H2,1-2H3. The Kier molecular flexibility index (Phi) is 5.78. The summed E-state index contributed by atoms with van der Waals surface area (Å²) >= 11 is 0. The minimum atomic E-state index is 0.0653. The molecule has 0 aliphatic carbocycles. The van der Waals surface area contributed by atoms with Crippen molar-refractivity contribution in [2.45, 2.75) is 0 Å². The molecule has 26 heavy (non-hydrogen) atoms. The summed E-state index contributed by atoms with van der Waals surface area (Å²) in [6, 6.07) is 11.3. The maximum atomic E-state index is 12.5. The largest absolute Gasteiger partial charge is 0.497 e. The number of ether oxygens (including phenoxy) is 2. The number of piperazine rings is 1. The van der Waals surface area contributed by atoms with Gasteiger partial charge in [-0.2, -0.15) is 0 Å². The first kappa shape index (κ1) is 17.8. The van der Waals surface area contributed by atoms with E-state index < -0.39 is 0 Å². The third-order valence-electron chi connectivity index (χ3n) is 4.44. The molecule has 1 saturated heterocycles. The van der Waals surface area contributed by atoms with Crippen LogP contribution in [0.1, 0.15) is 0 Å². The van der Waals surface area contributed by atoms with Crippen LogP contribution in [0.15, 0.2) is 42.6 Å². The molecule has 138 valence electrons. The predicted molar refractivity (Wildman–Crippen MR) is 101 cm³/mol. The molecule has 7 heteroatoms. The minimum Gasteiger partial charge on any atom is -0.497 e. The Hall–Kier alpha value is -2.96. The van der Waals surface area contributed by atoms with Crippen molar-refractivity contribution in [3.05, 3.63) is 42.6 Å². The monoisotopic (exact) mass is 356 g/mol. The maximum Gasteiger partial charge on any atom is 0.241 e. The normalized spacial score (nSPS) is 14.1. The van der Waals surface area contributed by atoms with Crippen molar-refractivity contribution in [1.82, 2.24) is 9.88 Å². The van der Waals surface area contributed by atoms with E-state index in [1.54, 1.807) is 20.4 Å². The van der Waals surface area contributed by atoms with Gasteiger partial charge in [-0.05, 0) is 24.3 Å². The van der Waals surface area contributed by atoms with E-state index in [-0.39, 0.29) is 12.5 Å². The lowest BCUT2D eigenvalue weighted by Crippen LogP contribution is -2.50. The van der Waals surface area contributed by atoms with Crippen LogP contribution in [0.5, 0.6) is 11.5 Å². The average molecular weight is 356 g/mol. The lowest BCUT2D eigenvalue weighted by Gasteiger charge is -2.35. The zero-order valence-corrected chi connectivity index (χ0v) is 15.1. The van der Waals surface area contributed by atoms with Crippen molar-refractivity contribution in [2.75, 3.05) is 57.2 Å². The number of anilines is 2. The number of methoxy groups -OCH3 is 2. The van der Waals surface area contributed by atoms with Crippen molar-refractivity contribution in [1.29, 1.82) is 0 Å². The molecule has 1 aromatic carbocycles. The fraction of sp³-hybridized carbons (Fsp3) is 0.368. The second kappa shape index (κ2) is 8.42. The first-order valence-corrected chi connectivity index (χ1v) is 8.61. The number of hydrogen-bond donors (Lipinski definition) is 1. The molecule has 1 N–H and O–H groups in total. The van der Waals surface area contributed by atoms with Crippen LogP contribution in [0.3, 0.4) is 0 Å². The number of pyridine rings is 1. The van der Waals surface area contributed by atoms with Gasteiger partial charge in [0.05, 0.1) is 26.5 Å². The molecule has 1 amide bonds. The summed E-state index contributed by atoms with van der Waals surface area (Å²) in [4.78, 5) is 21.0. The molecule has 0 radical (unpaired) electrons. The van der Waals surface area contributed by atoms with Crippen LogP contribution in [0.25, 0.3) is 0 Å². The Labute approximate surface area is 153 Å². The molecule has 1 aromatic heterocycles. The molecule has 2 heterocycles. The van der Waals surface area contributed by atoms with E-state index in [0.717, 1.165) is 24.6 Å². The summed E-state index contributed by atoms with van der Waals surface area (Å²) in [7, 11) is 3.21. The molecule has 1 aliphatic rings. The lowest BCUT2D eigenvalue weighted by molar-refractivity contribution is -0.129. The minimum absolute atomic E-state index is 0.0653. The number of nitrogens with zero attached hydrogens (tertiary/aromatic N) is 3. The molecule has 1 fully saturated rings. The van der Waals surface area contributed by atoms with Crippen molar-refractivity contribution < 1.29 is 14.3 Å². The van der Waals surface area contributed by atoms with Crippen molar-refractivity contribution >= 4 is 17.4 Å². The third kappa shape index (κ3) is 4.17. The van der Waals surface area contributed by atoms with Gasteiger partial charge < -0.3 is 24.6 Å². The van der Waals surface area contributed by atoms with Crippen molar-refractivity contribution in [2.24, 2.45) is 0 Å². The highest BCUT2D eigenvalue weighted by Gasteiger charge is 2.21. The van der Waals surface area contributed by atoms with Gasteiger partial charge in [-0.25, -0.2) is 4.98 Å². The van der Waals surface area contributed by atoms with Gasteiger partial charge in [0.25, 0.3) is 0 Å². The summed E-state index contributed by atoms with van der Waals surface area (Å²) in [5.74, 6) is 2.41. The van der Waals surface area contributed by atoms with Crippen molar-refractivity contribution in [3.63, 3.8) is 0 Å². The molecular formula is C19H24N4O3. The number of carbonyl (C=O) groups excluding carboxylic acids is 1. The van der Waals surface area contributed by atoms with Gasteiger partial charge in [-0.3, -0.25) is 4.79 Å². The van der Waals surface area contributed by atoms with Gasteiger partial charge in [0, 0.05) is 38.4 Å². The number of aromatic nitrogens is 1. The Morgan fingerprint density at radius 2 is 1.92 bits per heavy atom. The summed E-state index contributed by atoms with van der Waals surface area (Å²) < 4.78 is 10.6. The molecular weight excluding hydrogens is 332 g/mol. The third-order valence-corrected chi connectivity index (χ3v) is 4.44. The topological polar surface area (TPSA) is 66.9 Å². The quantitative estimate of drug-likeness (QED) is 0.852. The Morgan fingerprint density at radius 1 is 1.12 bits per heavy atom. The number of amides is 1. The SMILES string of the molecule is COc1ccc(OC)c(NCC(=O)N2CCN(c3ccccn3)CC2)c1. The van der Waals surface area contributed by atoms with Crippen LogP contribution >= 0.6 is 0 Å². The highest BCUT2D eigenvalue weighted by Crippen LogP contribution is 2.28. The van der Waals surface area contributed by atoms with Gasteiger partial charge in [-0.1, -0.05) is 6.07 Å². The molecule has 7 nitrogen and oxygen atoms in total. The smallest absolute Gasteiger partial charge is 0.241 e. The fourth-order valence-electron chi connectivity index (χ4n) is 2.96. The first-order chi connectivity index (χ1) is 12.7. The molecule has 0 spiro atoms. The molecule has 1 aliphatic heterocycles. The van der Waals surface area contributed by atoms with E-state index in [1.807, 2.05) is 41.3 Å². The predicted octanol–water partition coefficient (Wildman–Crippen LogP) is 1.86. The number of rotatable bonds is 6. The Morgan fingerprint density at radius 3 is 2.58 bits per heavy atom. The molecule has 0 bridgehead atoms. The fourth-order valence-corrected chi connectivity index (χ4v) is 2.96. The highest BCUT2D eigenvalue weighted by molar-refractivity contribution is 5.82. The van der Waals surface area contributed by atoms with E-state index in [2.05, 4.69) is 15.2 Å². The van der Waals surface area contributed by atoms with Gasteiger partial charge >= 0.3 is 0 Å². The zero-order valence-electron chi connectivity index (χ0n) is 15.1. The van der Waals surface area contributed by atoms with Crippen LogP contribution in [-0.2, 0) is 4.79 Å². The van der Waals surface area contributed by atoms with Crippen LogP contribution in [0.4, 0.5) is 11.5 Å². The van der Waals surface area contributed by atoms with Gasteiger partial charge in [0.15, 0.2) is 0 Å². The van der Waals surface area contributed by atoms with Gasteiger partial charge in [0.1, 0.15) is 17.3 Å². The van der Waals surface area contributed by atoms with E-state index >= 15 is 0 Å². The summed E-state index contributed by atoms with van der Waals surface area (Å²) in [5, 5.41) is 3.16. The number of benzene rings is 1. The van der Waals surface area contributed by atoms with Gasteiger partial charge in [0.2, 0.25) is 5.91 Å². The highest BCUT2D eigenvalue weighted by atomic mass is 16.5. The summed E-state index contributed by atoms with van der Waals surface area (Å²) in [6.45, 7) is 3.16. The Balaban J connectivity index is 1.53. The van der Waals surface area contributed by atoms with Crippen LogP contribution in [0, 0.1) is 0 Å². The van der Waals surface area contributed by atoms with E-state index in [9.17, 15) is 4.79 Å². The first-order valence-electron chi connectivity index (χ1n) is 8.61. The molecule has 3 rings (SSSR count). The molecule has 0 atom stereocenters. The van der Waals surface area contributed by atoms with E-state index in [0.29, 0.717) is 24.6 Å². The molecule has 0 unspecified atom stereocenters. The molecule has 0 saturated carbocycles. The number of nitrogens with one attached hydrogen (secondary N) is 1. The zero-order chi connectivity index (χ0) is 18.4. The molecule has 2 aromatic rings. The average Bonchev–Trinajstić information content (AvgIpc) is 2.72. The van der Waals surface area contributed by atoms with Gasteiger partial charge in [-0.15, -0.1) is 0 Å². The van der Waals surface area contributed by atoms with Crippen LogP contribution in [-0.4, -0.2) is 62.7 Å². The number of hydrogen-bond acceptors (Lipinski definition) is 6. The number of carbonyl (C=O) groups is 1. The second-order valence-corrected chi connectivity index (χ2v) is 5.98. The summed E-state index contributed by atoms with van der Waals surface area (Å²) in [6.07, 6.45) is 1.79. The Bertz CT molecular complexity index is 731. The lowest BCUT2D eigenvalue weighted by atomic mass is 10.2. The van der Waals surface area contributed by atoms with E-state index in [4.69, 9.17) is 9.47 Å².